The van der Waals surface area contributed by atoms with Crippen molar-refractivity contribution in [3.63, 3.8) is 0 Å². The molecule has 10 heteroatoms. The molecule has 0 atom stereocenters. The Hall–Kier alpha value is -2.00. The number of aryl methyl sites for hydroxylation is 4. The second kappa shape index (κ2) is 6.25. The Bertz CT molecular complexity index is 1230. The average molecular weight is 449 g/mol. The van der Waals surface area contributed by atoms with Gasteiger partial charge in [0.1, 0.15) is 11.0 Å². The highest BCUT2D eigenvalue weighted by Crippen LogP contribution is 2.44. The van der Waals surface area contributed by atoms with E-state index in [1.165, 1.54) is 22.7 Å². The van der Waals surface area contributed by atoms with Crippen molar-refractivity contribution in [2.75, 3.05) is 0 Å². The van der Waals surface area contributed by atoms with E-state index in [4.69, 9.17) is 33.2 Å². The van der Waals surface area contributed by atoms with Crippen LogP contribution in [0.3, 0.4) is 0 Å². The largest absolute Gasteiger partial charge is 0.217 e. The minimum atomic E-state index is 0.559. The zero-order chi connectivity index (χ0) is 19.7. The van der Waals surface area contributed by atoms with Crippen molar-refractivity contribution in [1.29, 1.82) is 0 Å². The van der Waals surface area contributed by atoms with Gasteiger partial charge in [-0.05, 0) is 39.8 Å². The van der Waals surface area contributed by atoms with Gasteiger partial charge in [-0.1, -0.05) is 45.9 Å². The Balaban J connectivity index is 1.76. The van der Waals surface area contributed by atoms with E-state index in [0.717, 1.165) is 42.4 Å². The molecule has 28 heavy (non-hydrogen) atoms. The molecule has 0 unspecified atom stereocenters. The van der Waals surface area contributed by atoms with Crippen LogP contribution in [0.4, 0.5) is 0 Å². The molecule has 0 fully saturated rings. The van der Waals surface area contributed by atoms with Crippen molar-refractivity contribution >= 4 is 66.3 Å². The average Bonchev–Trinajstić information content (AvgIpc) is 3.38. The molecule has 0 spiro atoms. The summed E-state index contributed by atoms with van der Waals surface area (Å²) in [5.74, 6) is 0. The summed E-state index contributed by atoms with van der Waals surface area (Å²) in [6, 6.07) is 4.02. The molecule has 0 saturated carbocycles. The van der Waals surface area contributed by atoms with Crippen molar-refractivity contribution in [3.8, 4) is 10.3 Å². The van der Waals surface area contributed by atoms with Gasteiger partial charge in [0.15, 0.2) is 0 Å². The lowest BCUT2D eigenvalue weighted by molar-refractivity contribution is 0.827. The molecule has 6 nitrogen and oxygen atoms in total. The van der Waals surface area contributed by atoms with E-state index >= 15 is 0 Å². The Morgan fingerprint density at radius 3 is 1.43 bits per heavy atom. The molecule has 0 aliphatic rings. The van der Waals surface area contributed by atoms with Crippen LogP contribution in [0.1, 0.15) is 22.8 Å². The smallest absolute Gasteiger partial charge is 0.211 e. The Kier molecular flexibility index (Phi) is 4.03. The lowest BCUT2D eigenvalue weighted by atomic mass is 10.3. The first kappa shape index (κ1) is 18.1. The number of fused-ring (bicyclic) bond motifs is 2. The normalized spacial score (nSPS) is 11.9. The number of rotatable bonds is 2. The Morgan fingerprint density at radius 1 is 0.714 bits per heavy atom. The van der Waals surface area contributed by atoms with E-state index in [2.05, 4.69) is 10.2 Å². The van der Waals surface area contributed by atoms with Crippen molar-refractivity contribution in [3.05, 3.63) is 45.0 Å². The zero-order valence-electron chi connectivity index (χ0n) is 15.4. The number of nitrogens with zero attached hydrogens (tertiary/aromatic N) is 6. The molecule has 4 aromatic heterocycles. The van der Waals surface area contributed by atoms with E-state index in [9.17, 15) is 0 Å². The van der Waals surface area contributed by atoms with Crippen LogP contribution < -0.4 is 0 Å². The maximum atomic E-state index is 6.73. The van der Waals surface area contributed by atoms with Crippen LogP contribution in [-0.2, 0) is 0 Å². The predicted octanol–water partition coefficient (Wildman–Crippen LogP) is 5.82. The van der Waals surface area contributed by atoms with Gasteiger partial charge in [-0.15, -0.1) is 0 Å². The van der Waals surface area contributed by atoms with Gasteiger partial charge in [-0.2, -0.15) is 10.2 Å². The molecule has 0 saturated heterocycles. The van der Waals surface area contributed by atoms with Crippen LogP contribution in [-0.4, -0.2) is 29.5 Å². The number of benzene rings is 1. The highest BCUT2D eigenvalue weighted by molar-refractivity contribution is 7.23. The molecule has 142 valence electrons. The second-order valence-corrected chi connectivity index (χ2v) is 9.37. The van der Waals surface area contributed by atoms with Gasteiger partial charge in [0.2, 0.25) is 10.3 Å². The van der Waals surface area contributed by atoms with E-state index in [-0.39, 0.29) is 0 Å². The fourth-order valence-electron chi connectivity index (χ4n) is 3.25. The van der Waals surface area contributed by atoms with Gasteiger partial charge in [0, 0.05) is 11.4 Å². The molecular formula is C18H14Cl2N6S2. The third-order valence-electron chi connectivity index (χ3n) is 4.43. The van der Waals surface area contributed by atoms with Crippen LogP contribution in [0.5, 0.6) is 0 Å². The first-order valence-corrected chi connectivity index (χ1v) is 10.9. The van der Waals surface area contributed by atoms with Crippen molar-refractivity contribution in [1.82, 2.24) is 29.5 Å². The SMILES string of the molecule is Cc1cc(C)n(-c2nc3c(Cl)c4sc(-n5nc(C)cc5C)nc4c(Cl)c3s2)n1. The van der Waals surface area contributed by atoms with E-state index in [0.29, 0.717) is 21.1 Å². The number of hydrogen-bond acceptors (Lipinski definition) is 6. The topological polar surface area (TPSA) is 61.4 Å². The Labute approximate surface area is 178 Å². The van der Waals surface area contributed by atoms with E-state index in [1.807, 2.05) is 49.2 Å². The maximum Gasteiger partial charge on any atom is 0.211 e. The molecule has 0 bridgehead atoms. The number of aromatic nitrogens is 6. The summed E-state index contributed by atoms with van der Waals surface area (Å²) in [5, 5.41) is 11.6. The first-order chi connectivity index (χ1) is 13.3. The number of halogens is 2. The minimum absolute atomic E-state index is 0.559. The second-order valence-electron chi connectivity index (χ2n) is 6.65. The third-order valence-corrected chi connectivity index (χ3v) is 7.48. The minimum Gasteiger partial charge on any atom is -0.217 e. The number of thiazole rings is 2. The molecule has 1 aromatic carbocycles. The van der Waals surface area contributed by atoms with Gasteiger partial charge < -0.3 is 0 Å². The summed E-state index contributed by atoms with van der Waals surface area (Å²) in [6.45, 7) is 7.90. The molecule has 0 amide bonds. The predicted molar refractivity (Wildman–Crippen MR) is 116 cm³/mol. The van der Waals surface area contributed by atoms with Gasteiger partial charge in [0.05, 0.1) is 30.8 Å². The first-order valence-electron chi connectivity index (χ1n) is 8.49. The molecule has 0 aliphatic carbocycles. The molecule has 5 rings (SSSR count). The molecule has 4 heterocycles. The molecule has 0 radical (unpaired) electrons. The van der Waals surface area contributed by atoms with Crippen molar-refractivity contribution in [2.24, 2.45) is 0 Å². The van der Waals surface area contributed by atoms with E-state index in [1.54, 1.807) is 0 Å². The zero-order valence-corrected chi connectivity index (χ0v) is 18.6. The monoisotopic (exact) mass is 448 g/mol. The summed E-state index contributed by atoms with van der Waals surface area (Å²) < 4.78 is 5.25. The summed E-state index contributed by atoms with van der Waals surface area (Å²) in [7, 11) is 0. The summed E-state index contributed by atoms with van der Waals surface area (Å²) in [5.41, 5.74) is 5.24. The summed E-state index contributed by atoms with van der Waals surface area (Å²) in [6.07, 6.45) is 0. The molecule has 5 aromatic rings. The third kappa shape index (κ3) is 2.59. The highest BCUT2D eigenvalue weighted by atomic mass is 35.5. The lowest BCUT2D eigenvalue weighted by Gasteiger charge is -1.97. The van der Waals surface area contributed by atoms with Crippen LogP contribution in [0, 0.1) is 27.7 Å². The van der Waals surface area contributed by atoms with Crippen molar-refractivity contribution in [2.45, 2.75) is 27.7 Å². The molecule has 0 aliphatic heterocycles. The van der Waals surface area contributed by atoms with Crippen LogP contribution in [0.2, 0.25) is 10.0 Å². The van der Waals surface area contributed by atoms with Gasteiger partial charge in [0.25, 0.3) is 0 Å². The Morgan fingerprint density at radius 2 is 1.11 bits per heavy atom. The summed E-state index contributed by atoms with van der Waals surface area (Å²) >= 11 is 16.4. The fourth-order valence-corrected chi connectivity index (χ4v) is 6.09. The maximum absolute atomic E-state index is 6.73. The standard InChI is InChI=1S/C18H14Cl2N6S2/c1-7-5-9(3)25(23-7)17-21-13-11(19)16-14(12(20)15(13)27-17)22-18(28-16)26-10(4)6-8(2)24-26/h5-6H,1-4H3. The molecular weight excluding hydrogens is 435 g/mol. The fraction of sp³-hybridized carbons (Fsp3) is 0.222. The summed E-state index contributed by atoms with van der Waals surface area (Å²) in [4.78, 5) is 9.46. The van der Waals surface area contributed by atoms with E-state index < -0.39 is 0 Å². The number of hydrogen-bond donors (Lipinski definition) is 0. The highest BCUT2D eigenvalue weighted by Gasteiger charge is 2.22. The van der Waals surface area contributed by atoms with Gasteiger partial charge >= 0.3 is 0 Å². The van der Waals surface area contributed by atoms with Crippen molar-refractivity contribution < 1.29 is 0 Å². The van der Waals surface area contributed by atoms with Crippen LogP contribution in [0.25, 0.3) is 30.7 Å². The van der Waals surface area contributed by atoms with Crippen LogP contribution >= 0.6 is 45.9 Å². The lowest BCUT2D eigenvalue weighted by Crippen LogP contribution is -1.97. The molecule has 0 N–H and O–H groups in total. The van der Waals surface area contributed by atoms with Gasteiger partial charge in [-0.3, -0.25) is 0 Å². The van der Waals surface area contributed by atoms with Crippen LogP contribution in [0.15, 0.2) is 12.1 Å². The quantitative estimate of drug-likeness (QED) is 0.341. The van der Waals surface area contributed by atoms with Gasteiger partial charge in [-0.25, -0.2) is 19.3 Å².